The summed E-state index contributed by atoms with van der Waals surface area (Å²) in [7, 11) is 0. The van der Waals surface area contributed by atoms with Crippen molar-refractivity contribution in [3.63, 3.8) is 0 Å². The van der Waals surface area contributed by atoms with Crippen LogP contribution in [-0.4, -0.2) is 35.0 Å². The molecule has 0 unspecified atom stereocenters. The van der Waals surface area contributed by atoms with Crippen LogP contribution in [0, 0.1) is 5.92 Å². The SMILES string of the molecule is O=C(O)C1CN(C(=O)Cc2ccc(Br)cc2)C1. The molecule has 4 nitrogen and oxygen atoms in total. The van der Waals surface area contributed by atoms with E-state index in [1.165, 1.54) is 0 Å². The van der Waals surface area contributed by atoms with Crippen LogP contribution in [0.15, 0.2) is 28.7 Å². The summed E-state index contributed by atoms with van der Waals surface area (Å²) in [5.74, 6) is -1.22. The Balaban J connectivity index is 1.87. The van der Waals surface area contributed by atoms with Crippen LogP contribution in [-0.2, 0) is 16.0 Å². The molecule has 1 aromatic rings. The highest BCUT2D eigenvalue weighted by Crippen LogP contribution is 2.18. The number of aliphatic carboxylic acids is 1. The van der Waals surface area contributed by atoms with E-state index in [1.807, 2.05) is 24.3 Å². The van der Waals surface area contributed by atoms with E-state index < -0.39 is 5.97 Å². The predicted octanol–water partition coefficient (Wildman–Crippen LogP) is 1.53. The number of carboxylic acid groups (broad SMARTS) is 1. The number of carboxylic acids is 1. The lowest BCUT2D eigenvalue weighted by Gasteiger charge is -2.36. The number of rotatable bonds is 3. The maximum absolute atomic E-state index is 11.8. The highest BCUT2D eigenvalue weighted by Gasteiger charge is 2.35. The first kappa shape index (κ1) is 12.1. The summed E-state index contributed by atoms with van der Waals surface area (Å²) in [5.41, 5.74) is 0.942. The molecular weight excluding hydrogens is 286 g/mol. The van der Waals surface area contributed by atoms with Crippen molar-refractivity contribution in [3.05, 3.63) is 34.3 Å². The molecule has 0 spiro atoms. The number of likely N-dealkylation sites (tertiary alicyclic amines) is 1. The van der Waals surface area contributed by atoms with Crippen molar-refractivity contribution in [2.75, 3.05) is 13.1 Å². The lowest BCUT2D eigenvalue weighted by Crippen LogP contribution is -2.53. The maximum atomic E-state index is 11.8. The molecule has 0 saturated carbocycles. The highest BCUT2D eigenvalue weighted by atomic mass is 79.9. The van der Waals surface area contributed by atoms with E-state index in [9.17, 15) is 9.59 Å². The number of amides is 1. The normalized spacial score (nSPS) is 15.5. The van der Waals surface area contributed by atoms with Crippen molar-refractivity contribution < 1.29 is 14.7 Å². The fourth-order valence-corrected chi connectivity index (χ4v) is 1.99. The maximum Gasteiger partial charge on any atom is 0.310 e. The van der Waals surface area contributed by atoms with E-state index >= 15 is 0 Å². The number of benzene rings is 1. The molecule has 1 aliphatic heterocycles. The van der Waals surface area contributed by atoms with Crippen LogP contribution < -0.4 is 0 Å². The Hall–Kier alpha value is -1.36. The first-order chi connectivity index (χ1) is 8.06. The fourth-order valence-electron chi connectivity index (χ4n) is 1.73. The largest absolute Gasteiger partial charge is 0.481 e. The van der Waals surface area contributed by atoms with Crippen LogP contribution in [0.5, 0.6) is 0 Å². The van der Waals surface area contributed by atoms with Gasteiger partial charge in [-0.15, -0.1) is 0 Å². The summed E-state index contributed by atoms with van der Waals surface area (Å²) >= 11 is 3.33. The summed E-state index contributed by atoms with van der Waals surface area (Å²) in [6.07, 6.45) is 0.333. The average Bonchev–Trinajstić information content (AvgIpc) is 2.18. The van der Waals surface area contributed by atoms with Crippen molar-refractivity contribution in [3.8, 4) is 0 Å². The van der Waals surface area contributed by atoms with Gasteiger partial charge in [-0.25, -0.2) is 0 Å². The van der Waals surface area contributed by atoms with Crippen molar-refractivity contribution in [1.82, 2.24) is 4.90 Å². The second-order valence-electron chi connectivity index (χ2n) is 4.14. The second kappa shape index (κ2) is 4.87. The van der Waals surface area contributed by atoms with Gasteiger partial charge in [0.15, 0.2) is 0 Å². The number of hydrogen-bond acceptors (Lipinski definition) is 2. The number of halogens is 1. The molecule has 1 amide bonds. The molecule has 0 aliphatic carbocycles. The minimum atomic E-state index is -0.822. The van der Waals surface area contributed by atoms with Gasteiger partial charge >= 0.3 is 5.97 Å². The summed E-state index contributed by atoms with van der Waals surface area (Å²) in [6, 6.07) is 7.55. The Kier molecular flexibility index (Phi) is 3.47. The van der Waals surface area contributed by atoms with Crippen LogP contribution in [0.2, 0.25) is 0 Å². The average molecular weight is 298 g/mol. The van der Waals surface area contributed by atoms with E-state index in [1.54, 1.807) is 4.90 Å². The number of nitrogens with zero attached hydrogens (tertiary/aromatic N) is 1. The Morgan fingerprint density at radius 3 is 2.41 bits per heavy atom. The molecule has 17 heavy (non-hydrogen) atoms. The van der Waals surface area contributed by atoms with Crippen LogP contribution in [0.4, 0.5) is 0 Å². The zero-order chi connectivity index (χ0) is 12.4. The summed E-state index contributed by atoms with van der Waals surface area (Å²) in [6.45, 7) is 0.676. The minimum absolute atomic E-state index is 0.00942. The molecule has 1 N–H and O–H groups in total. The van der Waals surface area contributed by atoms with E-state index in [-0.39, 0.29) is 11.8 Å². The molecule has 0 aromatic heterocycles. The van der Waals surface area contributed by atoms with Gasteiger partial charge in [0.05, 0.1) is 12.3 Å². The molecule has 1 saturated heterocycles. The van der Waals surface area contributed by atoms with Crippen molar-refractivity contribution in [2.45, 2.75) is 6.42 Å². The zero-order valence-electron chi connectivity index (χ0n) is 9.10. The monoisotopic (exact) mass is 297 g/mol. The Bertz CT molecular complexity index is 438. The van der Waals surface area contributed by atoms with Gasteiger partial charge in [0.1, 0.15) is 0 Å². The molecular formula is C12H12BrNO3. The molecule has 0 atom stereocenters. The Morgan fingerprint density at radius 2 is 1.88 bits per heavy atom. The van der Waals surface area contributed by atoms with Crippen LogP contribution in [0.1, 0.15) is 5.56 Å². The molecule has 1 heterocycles. The second-order valence-corrected chi connectivity index (χ2v) is 5.05. The molecule has 0 radical (unpaired) electrons. The number of carbonyl (C=O) groups is 2. The molecule has 90 valence electrons. The van der Waals surface area contributed by atoms with Crippen LogP contribution in [0.25, 0.3) is 0 Å². The lowest BCUT2D eigenvalue weighted by molar-refractivity contribution is -0.152. The van der Waals surface area contributed by atoms with Gasteiger partial charge in [-0.1, -0.05) is 28.1 Å². The molecule has 5 heteroatoms. The zero-order valence-corrected chi connectivity index (χ0v) is 10.7. The van der Waals surface area contributed by atoms with Crippen molar-refractivity contribution in [2.24, 2.45) is 5.92 Å². The lowest BCUT2D eigenvalue weighted by atomic mass is 9.99. The summed E-state index contributed by atoms with van der Waals surface area (Å²) in [5, 5.41) is 8.71. The van der Waals surface area contributed by atoms with Crippen molar-refractivity contribution >= 4 is 27.8 Å². The van der Waals surface area contributed by atoms with Gasteiger partial charge in [-0.05, 0) is 17.7 Å². The van der Waals surface area contributed by atoms with Crippen LogP contribution in [0.3, 0.4) is 0 Å². The first-order valence-electron chi connectivity index (χ1n) is 5.31. The Labute approximate surface area is 107 Å². The molecule has 0 bridgehead atoms. The van der Waals surface area contributed by atoms with Gasteiger partial charge in [0.2, 0.25) is 5.91 Å². The van der Waals surface area contributed by atoms with E-state index in [0.29, 0.717) is 19.5 Å². The summed E-state index contributed by atoms with van der Waals surface area (Å²) in [4.78, 5) is 24.0. The number of hydrogen-bond donors (Lipinski definition) is 1. The van der Waals surface area contributed by atoms with Crippen LogP contribution >= 0.6 is 15.9 Å². The van der Waals surface area contributed by atoms with Gasteiger partial charge in [0.25, 0.3) is 0 Å². The first-order valence-corrected chi connectivity index (χ1v) is 6.10. The highest BCUT2D eigenvalue weighted by molar-refractivity contribution is 9.10. The van der Waals surface area contributed by atoms with Gasteiger partial charge < -0.3 is 10.0 Å². The minimum Gasteiger partial charge on any atom is -0.481 e. The molecule has 1 aromatic carbocycles. The smallest absolute Gasteiger partial charge is 0.310 e. The predicted molar refractivity (Wildman–Crippen MR) is 65.6 cm³/mol. The summed E-state index contributed by atoms with van der Waals surface area (Å²) < 4.78 is 0.976. The van der Waals surface area contributed by atoms with E-state index in [2.05, 4.69) is 15.9 Å². The fraction of sp³-hybridized carbons (Fsp3) is 0.333. The van der Waals surface area contributed by atoms with Gasteiger partial charge in [0, 0.05) is 17.6 Å². The quantitative estimate of drug-likeness (QED) is 0.921. The topological polar surface area (TPSA) is 57.6 Å². The third kappa shape index (κ3) is 2.85. The number of carbonyl (C=O) groups excluding carboxylic acids is 1. The van der Waals surface area contributed by atoms with E-state index in [0.717, 1.165) is 10.0 Å². The third-order valence-electron chi connectivity index (χ3n) is 2.85. The Morgan fingerprint density at radius 1 is 1.29 bits per heavy atom. The standard InChI is InChI=1S/C12H12BrNO3/c13-10-3-1-8(2-4-10)5-11(15)14-6-9(7-14)12(16)17/h1-4,9H,5-7H2,(H,16,17). The van der Waals surface area contributed by atoms with Gasteiger partial charge in [-0.3, -0.25) is 9.59 Å². The molecule has 1 fully saturated rings. The van der Waals surface area contributed by atoms with Crippen molar-refractivity contribution in [1.29, 1.82) is 0 Å². The van der Waals surface area contributed by atoms with E-state index in [4.69, 9.17) is 5.11 Å². The third-order valence-corrected chi connectivity index (χ3v) is 3.38. The molecule has 1 aliphatic rings. The molecule has 2 rings (SSSR count). The van der Waals surface area contributed by atoms with Gasteiger partial charge in [-0.2, -0.15) is 0 Å².